The zero-order valence-corrected chi connectivity index (χ0v) is 19.4. The number of amides is 2. The highest BCUT2D eigenvalue weighted by Crippen LogP contribution is 2.35. The molecule has 1 aliphatic rings. The normalized spacial score (nSPS) is 13.4. The lowest BCUT2D eigenvalue weighted by Crippen LogP contribution is -2.35. The molecule has 0 saturated carbocycles. The summed E-state index contributed by atoms with van der Waals surface area (Å²) in [6, 6.07) is 14.3. The number of pyridine rings is 1. The maximum atomic E-state index is 12.5. The second-order valence-electron chi connectivity index (χ2n) is 8.09. The van der Waals surface area contributed by atoms with Crippen LogP contribution in [0.4, 0.5) is 11.4 Å². The summed E-state index contributed by atoms with van der Waals surface area (Å²) in [4.78, 5) is 30.5. The molecular weight excluding hydrogens is 444 g/mol. The van der Waals surface area contributed by atoms with Crippen molar-refractivity contribution in [2.24, 2.45) is 0 Å². The Morgan fingerprint density at radius 1 is 1.00 bits per heavy atom. The molecule has 1 saturated heterocycles. The molecule has 178 valence electrons. The molecule has 0 bridgehead atoms. The number of ether oxygens (including phenoxy) is 1. The average molecular weight is 471 g/mol. The Kier molecular flexibility index (Phi) is 7.73. The molecule has 0 spiro atoms. The molecule has 0 unspecified atom stereocenters. The van der Waals surface area contributed by atoms with Crippen molar-refractivity contribution >= 4 is 23.2 Å². The van der Waals surface area contributed by atoms with Crippen LogP contribution in [0.5, 0.6) is 5.75 Å². The minimum absolute atomic E-state index is 0.140. The van der Waals surface area contributed by atoms with Crippen molar-refractivity contribution in [3.8, 4) is 17.6 Å². The van der Waals surface area contributed by atoms with Crippen LogP contribution in [0.1, 0.15) is 34.0 Å². The molecule has 1 fully saturated rings. The van der Waals surface area contributed by atoms with E-state index in [4.69, 9.17) is 4.74 Å². The van der Waals surface area contributed by atoms with Crippen molar-refractivity contribution in [3.63, 3.8) is 0 Å². The molecule has 8 heteroatoms. The van der Waals surface area contributed by atoms with Gasteiger partial charge in [-0.1, -0.05) is 24.0 Å². The Hall–Kier alpha value is -4.19. The van der Waals surface area contributed by atoms with Gasteiger partial charge in [-0.05, 0) is 42.0 Å². The Morgan fingerprint density at radius 2 is 1.71 bits per heavy atom. The fourth-order valence-corrected chi connectivity index (χ4v) is 3.65. The Balaban J connectivity index is 1.53. The smallest absolute Gasteiger partial charge is 0.255 e. The Bertz CT molecular complexity index is 1260. The molecule has 2 amide bonds. The van der Waals surface area contributed by atoms with Crippen LogP contribution in [-0.4, -0.2) is 53.1 Å². The van der Waals surface area contributed by atoms with Gasteiger partial charge in [0, 0.05) is 50.1 Å². The van der Waals surface area contributed by atoms with Crippen LogP contribution < -0.4 is 10.6 Å². The molecule has 0 radical (unpaired) electrons. The highest BCUT2D eigenvalue weighted by molar-refractivity contribution is 6.06. The number of hydrogen-bond acceptors (Lipinski definition) is 6. The summed E-state index contributed by atoms with van der Waals surface area (Å²) in [5.74, 6) is 5.05. The van der Waals surface area contributed by atoms with E-state index in [0.29, 0.717) is 11.1 Å². The number of benzene rings is 2. The zero-order chi connectivity index (χ0) is 24.6. The van der Waals surface area contributed by atoms with E-state index in [1.807, 2.05) is 24.3 Å². The third-order valence-corrected chi connectivity index (χ3v) is 5.47. The van der Waals surface area contributed by atoms with Gasteiger partial charge in [-0.15, -0.1) is 0 Å². The Morgan fingerprint density at radius 3 is 2.40 bits per heavy atom. The van der Waals surface area contributed by atoms with Crippen LogP contribution in [-0.2, 0) is 16.1 Å². The number of anilines is 2. The van der Waals surface area contributed by atoms with Crippen LogP contribution in [0.2, 0.25) is 0 Å². The fourth-order valence-electron chi connectivity index (χ4n) is 3.65. The van der Waals surface area contributed by atoms with Crippen LogP contribution in [0.25, 0.3) is 0 Å². The van der Waals surface area contributed by atoms with E-state index in [1.54, 1.807) is 24.3 Å². The number of carbonyl (C=O) groups is 2. The number of hydrogen-bond donors (Lipinski definition) is 3. The highest BCUT2D eigenvalue weighted by atomic mass is 16.5. The first-order chi connectivity index (χ1) is 17.0. The molecule has 1 aliphatic heterocycles. The first-order valence-corrected chi connectivity index (χ1v) is 11.3. The lowest BCUT2D eigenvalue weighted by Gasteiger charge is -2.26. The van der Waals surface area contributed by atoms with E-state index in [0.717, 1.165) is 38.4 Å². The maximum absolute atomic E-state index is 12.5. The summed E-state index contributed by atoms with van der Waals surface area (Å²) in [6.45, 7) is 5.58. The third-order valence-electron chi connectivity index (χ3n) is 5.47. The quantitative estimate of drug-likeness (QED) is 0.391. The van der Waals surface area contributed by atoms with Crippen molar-refractivity contribution < 1.29 is 19.4 Å². The molecule has 4 rings (SSSR count). The van der Waals surface area contributed by atoms with E-state index in [2.05, 4.69) is 32.4 Å². The molecule has 2 aromatic carbocycles. The van der Waals surface area contributed by atoms with Crippen molar-refractivity contribution in [2.45, 2.75) is 13.5 Å². The summed E-state index contributed by atoms with van der Waals surface area (Å²) in [5, 5.41) is 16.1. The molecule has 1 aromatic heterocycles. The third kappa shape index (κ3) is 6.44. The van der Waals surface area contributed by atoms with E-state index in [-0.39, 0.29) is 23.0 Å². The Labute approximate surface area is 203 Å². The second-order valence-corrected chi connectivity index (χ2v) is 8.09. The monoisotopic (exact) mass is 470 g/mol. The average Bonchev–Trinajstić information content (AvgIpc) is 2.87. The summed E-state index contributed by atoms with van der Waals surface area (Å²) in [6.07, 6.45) is 3.01. The van der Waals surface area contributed by atoms with E-state index >= 15 is 0 Å². The van der Waals surface area contributed by atoms with Gasteiger partial charge in [-0.3, -0.25) is 19.5 Å². The van der Waals surface area contributed by atoms with Crippen LogP contribution in [0.15, 0.2) is 60.9 Å². The maximum Gasteiger partial charge on any atom is 0.255 e. The van der Waals surface area contributed by atoms with Crippen molar-refractivity contribution in [1.82, 2.24) is 9.88 Å². The second kappa shape index (κ2) is 11.3. The number of carbonyl (C=O) groups excluding carboxylic acids is 2. The van der Waals surface area contributed by atoms with Gasteiger partial charge in [0.25, 0.3) is 5.91 Å². The molecule has 3 N–H and O–H groups in total. The number of nitrogens with one attached hydrogen (secondary N) is 2. The van der Waals surface area contributed by atoms with E-state index in [1.165, 1.54) is 24.9 Å². The van der Waals surface area contributed by atoms with E-state index < -0.39 is 5.91 Å². The van der Waals surface area contributed by atoms with Gasteiger partial charge in [0.15, 0.2) is 5.75 Å². The fraction of sp³-hybridized carbons (Fsp3) is 0.222. The highest BCUT2D eigenvalue weighted by Gasteiger charge is 2.16. The summed E-state index contributed by atoms with van der Waals surface area (Å²) < 4.78 is 5.39. The minimum Gasteiger partial charge on any atom is -0.504 e. The number of rotatable bonds is 5. The largest absolute Gasteiger partial charge is 0.504 e. The molecule has 0 atom stereocenters. The van der Waals surface area contributed by atoms with Crippen molar-refractivity contribution in [1.29, 1.82) is 0 Å². The van der Waals surface area contributed by atoms with Gasteiger partial charge < -0.3 is 20.5 Å². The summed E-state index contributed by atoms with van der Waals surface area (Å²) in [7, 11) is 0. The number of morpholine rings is 1. The summed E-state index contributed by atoms with van der Waals surface area (Å²) in [5.41, 5.74) is 3.12. The molecule has 0 aliphatic carbocycles. The molecule has 35 heavy (non-hydrogen) atoms. The summed E-state index contributed by atoms with van der Waals surface area (Å²) >= 11 is 0. The van der Waals surface area contributed by atoms with Gasteiger partial charge in [0.2, 0.25) is 5.91 Å². The van der Waals surface area contributed by atoms with Gasteiger partial charge in [-0.25, -0.2) is 0 Å². The zero-order valence-electron chi connectivity index (χ0n) is 19.4. The van der Waals surface area contributed by atoms with Gasteiger partial charge >= 0.3 is 0 Å². The lowest BCUT2D eigenvalue weighted by atomic mass is 10.1. The molecular formula is C27H26N4O4. The number of phenolic OH excluding ortho intramolecular Hbond substituents is 1. The van der Waals surface area contributed by atoms with E-state index in [9.17, 15) is 14.7 Å². The number of phenols is 1. The van der Waals surface area contributed by atoms with Crippen molar-refractivity contribution in [3.05, 3.63) is 83.2 Å². The number of aromatic nitrogens is 1. The first kappa shape index (κ1) is 24.0. The predicted octanol–water partition coefficient (Wildman–Crippen LogP) is 3.23. The topological polar surface area (TPSA) is 104 Å². The molecule has 3 aromatic rings. The minimum atomic E-state index is -0.410. The number of aromatic hydroxyl groups is 1. The molecule has 8 nitrogen and oxygen atoms in total. The first-order valence-electron chi connectivity index (χ1n) is 11.3. The van der Waals surface area contributed by atoms with Crippen molar-refractivity contribution in [2.75, 3.05) is 36.9 Å². The van der Waals surface area contributed by atoms with Gasteiger partial charge in [0.05, 0.1) is 24.5 Å². The van der Waals surface area contributed by atoms with Gasteiger partial charge in [0.1, 0.15) is 5.69 Å². The predicted molar refractivity (Wildman–Crippen MR) is 133 cm³/mol. The van der Waals surface area contributed by atoms with Crippen LogP contribution in [0, 0.1) is 11.8 Å². The lowest BCUT2D eigenvalue weighted by molar-refractivity contribution is -0.114. The SMILES string of the molecule is CC(=O)Nc1c(C#Cc2ccc(CN3CCOCC3)cc2)ccc(NC(=O)c2ccncc2)c1O. The van der Waals surface area contributed by atoms with Crippen LogP contribution in [0.3, 0.4) is 0 Å². The standard InChI is InChI=1S/C27H26N4O4/c1-19(32)29-25-22(8-9-24(26(25)33)30-27(34)23-10-12-28-13-11-23)7-6-20-2-4-21(5-3-20)18-31-14-16-35-17-15-31/h2-5,8-13,33H,14-18H2,1H3,(H,29,32)(H,30,34). The van der Waals surface area contributed by atoms with Gasteiger partial charge in [-0.2, -0.15) is 0 Å². The molecule has 2 heterocycles. The number of nitrogens with zero attached hydrogens (tertiary/aromatic N) is 2. The van der Waals surface area contributed by atoms with Crippen LogP contribution >= 0.6 is 0 Å².